The maximum absolute atomic E-state index is 13.8. The molecule has 1 aromatic heterocycles. The number of anilines is 1. The van der Waals surface area contributed by atoms with Gasteiger partial charge in [-0.1, -0.05) is 0 Å². The van der Waals surface area contributed by atoms with Gasteiger partial charge in [0.05, 0.1) is 18.0 Å². The van der Waals surface area contributed by atoms with Gasteiger partial charge in [0.25, 0.3) is 0 Å². The zero-order valence-electron chi connectivity index (χ0n) is 13.7. The van der Waals surface area contributed by atoms with Crippen LogP contribution in [0.2, 0.25) is 0 Å². The molecule has 0 aliphatic rings. The van der Waals surface area contributed by atoms with Crippen LogP contribution in [0.25, 0.3) is 0 Å². The van der Waals surface area contributed by atoms with Crippen LogP contribution >= 0.6 is 0 Å². The molecule has 1 aromatic carbocycles. The summed E-state index contributed by atoms with van der Waals surface area (Å²) in [5, 5.41) is 0. The van der Waals surface area contributed by atoms with Crippen molar-refractivity contribution in [2.24, 2.45) is 0 Å². The van der Waals surface area contributed by atoms with Crippen LogP contribution in [0.1, 0.15) is 12.7 Å². The minimum Gasteiger partial charge on any atom is -0.491 e. The van der Waals surface area contributed by atoms with E-state index >= 15 is 0 Å². The van der Waals surface area contributed by atoms with E-state index in [1.165, 1.54) is 12.1 Å². The van der Waals surface area contributed by atoms with Crippen molar-refractivity contribution >= 4 is 15.8 Å². The smallest absolute Gasteiger partial charge is 0.241 e. The highest BCUT2D eigenvalue weighted by molar-refractivity contribution is 7.89. The summed E-state index contributed by atoms with van der Waals surface area (Å²) < 4.78 is 45.8. The number of nitrogens with zero attached hydrogens (tertiary/aromatic N) is 3. The quantitative estimate of drug-likeness (QED) is 0.812. The zero-order valence-corrected chi connectivity index (χ0v) is 14.5. The molecule has 7 nitrogen and oxygen atoms in total. The molecule has 0 atom stereocenters. The molecule has 0 fully saturated rings. The normalized spacial score (nSPS) is 11.3. The molecule has 0 aliphatic carbocycles. The second-order valence-corrected chi connectivity index (χ2v) is 6.84. The molecule has 0 unspecified atom stereocenters. The summed E-state index contributed by atoms with van der Waals surface area (Å²) in [5.41, 5.74) is 0. The Bertz CT molecular complexity index is 812. The molecular formula is C15H19FN4O3S. The lowest BCUT2D eigenvalue weighted by Gasteiger charge is -2.12. The van der Waals surface area contributed by atoms with E-state index in [4.69, 9.17) is 4.74 Å². The fourth-order valence-corrected chi connectivity index (χ4v) is 2.88. The van der Waals surface area contributed by atoms with Crippen LogP contribution in [0.4, 0.5) is 10.2 Å². The van der Waals surface area contributed by atoms with E-state index in [-0.39, 0.29) is 17.2 Å². The molecule has 9 heteroatoms. The Hall–Kier alpha value is -2.26. The minimum absolute atomic E-state index is 0.0125. The van der Waals surface area contributed by atoms with Crippen LogP contribution in [-0.2, 0) is 16.6 Å². The van der Waals surface area contributed by atoms with Gasteiger partial charge in [0, 0.05) is 20.3 Å². The Kier molecular flexibility index (Phi) is 5.68. The number of nitrogens with one attached hydrogen (secondary N) is 1. The highest BCUT2D eigenvalue weighted by atomic mass is 32.2. The van der Waals surface area contributed by atoms with Crippen LogP contribution in [0.15, 0.2) is 35.4 Å². The van der Waals surface area contributed by atoms with Gasteiger partial charge in [0.15, 0.2) is 11.6 Å². The summed E-state index contributed by atoms with van der Waals surface area (Å²) in [4.78, 5) is 9.83. The monoisotopic (exact) mass is 354 g/mol. The second-order valence-electron chi connectivity index (χ2n) is 5.08. The maximum Gasteiger partial charge on any atom is 0.241 e. The molecule has 0 radical (unpaired) electrons. The van der Waals surface area contributed by atoms with Gasteiger partial charge < -0.3 is 9.64 Å². The average molecular weight is 354 g/mol. The molecule has 0 spiro atoms. The minimum atomic E-state index is -3.88. The number of hydrogen-bond acceptors (Lipinski definition) is 6. The predicted molar refractivity (Wildman–Crippen MR) is 88.0 cm³/mol. The second kappa shape index (κ2) is 7.54. The van der Waals surface area contributed by atoms with Crippen LogP contribution in [-0.4, -0.2) is 39.1 Å². The summed E-state index contributed by atoms with van der Waals surface area (Å²) in [6.45, 7) is 1.91. The lowest BCUT2D eigenvalue weighted by atomic mass is 10.3. The van der Waals surface area contributed by atoms with Crippen molar-refractivity contribution in [3.63, 3.8) is 0 Å². The fraction of sp³-hybridized carbons (Fsp3) is 0.333. The molecule has 0 bridgehead atoms. The third-order valence-electron chi connectivity index (χ3n) is 3.08. The molecule has 0 saturated carbocycles. The first-order chi connectivity index (χ1) is 11.3. The number of rotatable bonds is 7. The first-order valence-electron chi connectivity index (χ1n) is 7.24. The topological polar surface area (TPSA) is 84.4 Å². The Morgan fingerprint density at radius 1 is 1.29 bits per heavy atom. The molecule has 130 valence electrons. The van der Waals surface area contributed by atoms with Gasteiger partial charge in [0.2, 0.25) is 10.0 Å². The van der Waals surface area contributed by atoms with E-state index in [0.717, 1.165) is 6.07 Å². The summed E-state index contributed by atoms with van der Waals surface area (Å²) in [6.07, 6.45) is 1.54. The standard InChI is InChI=1S/C15H19FN4O3S/c1-4-23-13-6-5-11(9-12(13)16)24(21,22)18-10-14-17-8-7-15(19-14)20(2)3/h5-9,18H,4,10H2,1-3H3. The highest BCUT2D eigenvalue weighted by Crippen LogP contribution is 2.21. The van der Waals surface area contributed by atoms with Gasteiger partial charge in [-0.2, -0.15) is 0 Å². The number of benzene rings is 1. The first-order valence-corrected chi connectivity index (χ1v) is 8.73. The van der Waals surface area contributed by atoms with E-state index in [2.05, 4.69) is 14.7 Å². The van der Waals surface area contributed by atoms with Crippen molar-refractivity contribution in [3.8, 4) is 5.75 Å². The zero-order chi connectivity index (χ0) is 17.7. The lowest BCUT2D eigenvalue weighted by molar-refractivity contribution is 0.321. The number of ether oxygens (including phenoxy) is 1. The van der Waals surface area contributed by atoms with E-state index in [1.807, 2.05) is 14.1 Å². The van der Waals surface area contributed by atoms with Crippen molar-refractivity contribution in [2.45, 2.75) is 18.4 Å². The van der Waals surface area contributed by atoms with Gasteiger partial charge in [-0.25, -0.2) is 27.5 Å². The predicted octanol–water partition coefficient (Wildman–Crippen LogP) is 1.56. The van der Waals surface area contributed by atoms with Gasteiger partial charge in [-0.3, -0.25) is 0 Å². The van der Waals surface area contributed by atoms with Crippen molar-refractivity contribution in [1.82, 2.24) is 14.7 Å². The van der Waals surface area contributed by atoms with Crippen LogP contribution in [0.3, 0.4) is 0 Å². The van der Waals surface area contributed by atoms with Crippen LogP contribution in [0, 0.1) is 5.82 Å². The molecule has 0 amide bonds. The Balaban J connectivity index is 2.14. The molecule has 2 aromatic rings. The van der Waals surface area contributed by atoms with E-state index in [0.29, 0.717) is 18.2 Å². The Labute approximate surface area is 140 Å². The van der Waals surface area contributed by atoms with Gasteiger partial charge in [-0.15, -0.1) is 0 Å². The van der Waals surface area contributed by atoms with E-state index < -0.39 is 15.8 Å². The van der Waals surface area contributed by atoms with Crippen molar-refractivity contribution < 1.29 is 17.5 Å². The molecule has 0 saturated heterocycles. The Morgan fingerprint density at radius 2 is 2.04 bits per heavy atom. The third-order valence-corrected chi connectivity index (χ3v) is 4.48. The number of hydrogen-bond donors (Lipinski definition) is 1. The summed E-state index contributed by atoms with van der Waals surface area (Å²) in [5.74, 6) is 0.256. The number of sulfonamides is 1. The average Bonchev–Trinajstić information content (AvgIpc) is 2.55. The molecule has 0 aliphatic heterocycles. The SMILES string of the molecule is CCOc1ccc(S(=O)(=O)NCc2nccc(N(C)C)n2)cc1F. The van der Waals surface area contributed by atoms with Crippen LogP contribution < -0.4 is 14.4 Å². The van der Waals surface area contributed by atoms with Crippen molar-refractivity contribution in [1.29, 1.82) is 0 Å². The van der Waals surface area contributed by atoms with E-state index in [9.17, 15) is 12.8 Å². The molecular weight excluding hydrogens is 335 g/mol. The lowest BCUT2D eigenvalue weighted by Crippen LogP contribution is -2.25. The van der Waals surface area contributed by atoms with Crippen molar-refractivity contribution in [3.05, 3.63) is 42.1 Å². The van der Waals surface area contributed by atoms with Gasteiger partial charge >= 0.3 is 0 Å². The summed E-state index contributed by atoms with van der Waals surface area (Å²) >= 11 is 0. The van der Waals surface area contributed by atoms with Crippen LogP contribution in [0.5, 0.6) is 5.75 Å². The number of aromatic nitrogens is 2. The Morgan fingerprint density at radius 3 is 2.67 bits per heavy atom. The maximum atomic E-state index is 13.8. The number of halogens is 1. The largest absolute Gasteiger partial charge is 0.491 e. The summed E-state index contributed by atoms with van der Waals surface area (Å²) in [6, 6.07) is 5.20. The molecule has 1 heterocycles. The molecule has 1 N–H and O–H groups in total. The highest BCUT2D eigenvalue weighted by Gasteiger charge is 2.17. The van der Waals surface area contributed by atoms with Gasteiger partial charge in [-0.05, 0) is 31.2 Å². The summed E-state index contributed by atoms with van der Waals surface area (Å²) in [7, 11) is -0.248. The first kappa shape index (κ1) is 18.1. The molecule has 24 heavy (non-hydrogen) atoms. The van der Waals surface area contributed by atoms with Gasteiger partial charge in [0.1, 0.15) is 11.6 Å². The third kappa shape index (κ3) is 4.39. The van der Waals surface area contributed by atoms with E-state index in [1.54, 1.807) is 24.1 Å². The van der Waals surface area contributed by atoms with Crippen molar-refractivity contribution in [2.75, 3.05) is 25.6 Å². The molecule has 2 rings (SSSR count). The fourth-order valence-electron chi connectivity index (χ4n) is 1.89.